The summed E-state index contributed by atoms with van der Waals surface area (Å²) in [6.45, 7) is -1.39. The number of non-ortho nitro benzene ring substituents is 1. The van der Waals surface area contributed by atoms with Gasteiger partial charge in [0.2, 0.25) is 5.72 Å². The molecule has 4 rings (SSSR count). The summed E-state index contributed by atoms with van der Waals surface area (Å²) < 4.78 is 41.7. The number of ether oxygens (including phenoxy) is 2. The summed E-state index contributed by atoms with van der Waals surface area (Å²) in [5, 5.41) is 23.8. The second-order valence-electron chi connectivity index (χ2n) is 6.49. The molecule has 0 bridgehead atoms. The van der Waals surface area contributed by atoms with Crippen LogP contribution in [0.3, 0.4) is 0 Å². The summed E-state index contributed by atoms with van der Waals surface area (Å²) in [6, 6.07) is 6.51. The molecule has 1 unspecified atom stereocenters. The lowest BCUT2D eigenvalue weighted by Crippen LogP contribution is -2.39. The number of nitro groups is 1. The molecule has 0 aliphatic carbocycles. The molecule has 3 aromatic rings. The number of nitrogens with zero attached hydrogens (tertiary/aromatic N) is 1. The van der Waals surface area contributed by atoms with E-state index in [1.165, 1.54) is 30.3 Å². The van der Waals surface area contributed by atoms with Crippen molar-refractivity contribution in [2.45, 2.75) is 25.7 Å². The van der Waals surface area contributed by atoms with Crippen molar-refractivity contribution in [3.05, 3.63) is 58.0 Å². The van der Waals surface area contributed by atoms with Crippen molar-refractivity contribution in [3.8, 4) is 5.75 Å². The fourth-order valence-electron chi connectivity index (χ4n) is 3.52. The lowest BCUT2D eigenvalue weighted by atomic mass is 9.94. The Morgan fingerprint density at radius 3 is 2.73 bits per heavy atom. The minimum absolute atomic E-state index is 0.0645. The number of benzene rings is 2. The number of carbonyl (C=O) groups is 1. The second kappa shape index (κ2) is 6.87. The smallest absolute Gasteiger partial charge is 0.387 e. The first-order valence-corrected chi connectivity index (χ1v) is 8.74. The zero-order valence-corrected chi connectivity index (χ0v) is 15.3. The Hall–Kier alpha value is -3.89. The van der Waals surface area contributed by atoms with E-state index in [2.05, 4.69) is 10.1 Å². The largest absolute Gasteiger partial charge is 0.476 e. The number of alkyl halides is 2. The third-order valence-electron chi connectivity index (χ3n) is 4.87. The summed E-state index contributed by atoms with van der Waals surface area (Å²) in [7, 11) is 0. The van der Waals surface area contributed by atoms with Gasteiger partial charge in [-0.25, -0.2) is 4.79 Å². The maximum Gasteiger partial charge on any atom is 0.387 e. The van der Waals surface area contributed by atoms with Crippen LogP contribution >= 0.6 is 0 Å². The van der Waals surface area contributed by atoms with Gasteiger partial charge in [0.15, 0.2) is 17.0 Å². The van der Waals surface area contributed by atoms with Crippen molar-refractivity contribution in [2.75, 3.05) is 0 Å². The molecule has 2 heterocycles. The Bertz CT molecular complexity index is 1220. The van der Waals surface area contributed by atoms with Crippen LogP contribution in [0, 0.1) is 10.1 Å². The molecule has 156 valence electrons. The van der Waals surface area contributed by atoms with Gasteiger partial charge >= 0.3 is 12.6 Å². The third kappa shape index (κ3) is 2.95. The van der Waals surface area contributed by atoms with Crippen LogP contribution in [0.4, 0.5) is 14.5 Å². The first-order valence-electron chi connectivity index (χ1n) is 8.74. The number of carboxylic acids is 1. The highest BCUT2D eigenvalue weighted by atomic mass is 19.3. The van der Waals surface area contributed by atoms with Crippen LogP contribution in [-0.2, 0) is 15.3 Å². The monoisotopic (exact) mass is 420 g/mol. The van der Waals surface area contributed by atoms with Gasteiger partial charge < -0.3 is 24.3 Å². The van der Waals surface area contributed by atoms with Crippen molar-refractivity contribution in [1.29, 1.82) is 0 Å². The van der Waals surface area contributed by atoms with Gasteiger partial charge in [-0.05, 0) is 18.2 Å². The van der Waals surface area contributed by atoms with E-state index in [4.69, 9.17) is 9.15 Å². The van der Waals surface area contributed by atoms with E-state index < -0.39 is 23.2 Å². The lowest BCUT2D eigenvalue weighted by molar-refractivity contribution is -0.384. The first kappa shape index (κ1) is 19.4. The Kier molecular flexibility index (Phi) is 4.45. The number of nitro benzene ring substituents is 1. The number of furan rings is 1. The fourth-order valence-corrected chi connectivity index (χ4v) is 3.52. The maximum atomic E-state index is 12.9. The van der Waals surface area contributed by atoms with Crippen LogP contribution < -0.4 is 10.1 Å². The van der Waals surface area contributed by atoms with Crippen molar-refractivity contribution in [1.82, 2.24) is 5.32 Å². The number of halogens is 2. The molecule has 11 heteroatoms. The minimum Gasteiger partial charge on any atom is -0.476 e. The van der Waals surface area contributed by atoms with Gasteiger partial charge in [-0.2, -0.15) is 8.78 Å². The summed E-state index contributed by atoms with van der Waals surface area (Å²) in [5.74, 6) is -1.51. The molecule has 2 aromatic carbocycles. The van der Waals surface area contributed by atoms with Crippen LogP contribution in [0.2, 0.25) is 0 Å². The Balaban J connectivity index is 2.02. The Morgan fingerprint density at radius 2 is 2.13 bits per heavy atom. The zero-order valence-electron chi connectivity index (χ0n) is 15.3. The second-order valence-corrected chi connectivity index (χ2v) is 6.49. The quantitative estimate of drug-likeness (QED) is 0.449. The summed E-state index contributed by atoms with van der Waals surface area (Å²) in [6.07, 6.45) is 1.29. The highest BCUT2D eigenvalue weighted by Crippen LogP contribution is 2.44. The maximum absolute atomic E-state index is 12.9. The van der Waals surface area contributed by atoms with Gasteiger partial charge in [-0.1, -0.05) is 6.92 Å². The normalized spacial score (nSPS) is 18.3. The average Bonchev–Trinajstić information content (AvgIpc) is 3.30. The first-order chi connectivity index (χ1) is 14.3. The summed E-state index contributed by atoms with van der Waals surface area (Å²) >= 11 is 0. The number of carboxylic acid groups (broad SMARTS) is 1. The van der Waals surface area contributed by atoms with Crippen LogP contribution in [-0.4, -0.2) is 22.6 Å². The predicted molar refractivity (Wildman–Crippen MR) is 98.9 cm³/mol. The molecule has 9 nitrogen and oxygen atoms in total. The summed E-state index contributed by atoms with van der Waals surface area (Å²) in [4.78, 5) is 22.0. The van der Waals surface area contributed by atoms with E-state index in [9.17, 15) is 28.8 Å². The number of fused-ring (bicyclic) bond motifs is 3. The van der Waals surface area contributed by atoms with Crippen LogP contribution in [0.25, 0.3) is 21.9 Å². The molecule has 1 aromatic heterocycles. The fraction of sp³-hybridized carbons (Fsp3) is 0.211. The van der Waals surface area contributed by atoms with E-state index in [1.807, 2.05) is 0 Å². The molecule has 0 saturated heterocycles. The molecule has 30 heavy (non-hydrogen) atoms. The van der Waals surface area contributed by atoms with Gasteiger partial charge in [-0.15, -0.1) is 0 Å². The molecule has 0 spiro atoms. The van der Waals surface area contributed by atoms with E-state index in [0.717, 1.165) is 6.26 Å². The van der Waals surface area contributed by atoms with E-state index >= 15 is 0 Å². The number of aliphatic carboxylic acids is 1. The molecular formula is C19H14F2N2O7. The van der Waals surface area contributed by atoms with Gasteiger partial charge in [-0.3, -0.25) is 10.1 Å². The standard InChI is InChI=1S/C19H14F2N2O7/c1-2-19(22-12(8-28-19)17(24)25)11-4-6-14(30-18(20)21)16-15(11)10-7-9(23(26)27)3-5-13(10)29-16/h3-8,18,22H,2H2,1H3,(H,24,25). The molecule has 0 fully saturated rings. The van der Waals surface area contributed by atoms with E-state index in [0.29, 0.717) is 5.56 Å². The van der Waals surface area contributed by atoms with E-state index in [1.54, 1.807) is 6.92 Å². The number of hydrogen-bond donors (Lipinski definition) is 2. The van der Waals surface area contributed by atoms with Crippen LogP contribution in [0.5, 0.6) is 5.75 Å². The molecule has 0 saturated carbocycles. The Labute approximate surface area is 166 Å². The topological polar surface area (TPSA) is 124 Å². The number of hydrogen-bond acceptors (Lipinski definition) is 7. The molecule has 1 aliphatic heterocycles. The Morgan fingerprint density at radius 1 is 1.37 bits per heavy atom. The minimum atomic E-state index is -3.12. The third-order valence-corrected chi connectivity index (χ3v) is 4.87. The van der Waals surface area contributed by atoms with Crippen molar-refractivity contribution < 1.29 is 37.5 Å². The molecule has 1 aliphatic rings. The predicted octanol–water partition coefficient (Wildman–Crippen LogP) is 4.20. The van der Waals surface area contributed by atoms with Gasteiger partial charge in [0.1, 0.15) is 11.8 Å². The van der Waals surface area contributed by atoms with Crippen molar-refractivity contribution >= 4 is 33.6 Å². The molecule has 0 radical (unpaired) electrons. The van der Waals surface area contributed by atoms with Crippen LogP contribution in [0.15, 0.2) is 46.7 Å². The SMILES string of the molecule is CCC1(c2ccc(OC(F)F)c3oc4ccc([N+](=O)[O-])cc4c23)NC(C(=O)O)=CO1. The van der Waals surface area contributed by atoms with Gasteiger partial charge in [0, 0.05) is 34.9 Å². The molecule has 0 amide bonds. The lowest BCUT2D eigenvalue weighted by Gasteiger charge is -2.29. The number of nitrogens with one attached hydrogen (secondary N) is 1. The zero-order chi connectivity index (χ0) is 21.6. The molecular weight excluding hydrogens is 406 g/mol. The van der Waals surface area contributed by atoms with Gasteiger partial charge in [0.05, 0.1) is 4.92 Å². The highest BCUT2D eigenvalue weighted by Gasteiger charge is 2.41. The molecule has 2 N–H and O–H groups in total. The van der Waals surface area contributed by atoms with Gasteiger partial charge in [0.25, 0.3) is 5.69 Å². The van der Waals surface area contributed by atoms with Crippen molar-refractivity contribution in [3.63, 3.8) is 0 Å². The average molecular weight is 420 g/mol. The highest BCUT2D eigenvalue weighted by molar-refractivity contribution is 6.09. The molecule has 1 atom stereocenters. The van der Waals surface area contributed by atoms with Crippen LogP contribution in [0.1, 0.15) is 18.9 Å². The summed E-state index contributed by atoms with van der Waals surface area (Å²) in [5.41, 5.74) is -1.28. The number of rotatable bonds is 6. The van der Waals surface area contributed by atoms with E-state index in [-0.39, 0.29) is 45.5 Å². The van der Waals surface area contributed by atoms with Crippen molar-refractivity contribution in [2.24, 2.45) is 0 Å².